The molecule has 1 fully saturated rings. The average molecular weight is 237 g/mol. The molecule has 1 aromatic rings. The van der Waals surface area contributed by atoms with E-state index in [1.165, 1.54) is 24.2 Å². The first-order valence-corrected chi connectivity index (χ1v) is 6.73. The van der Waals surface area contributed by atoms with Crippen molar-refractivity contribution in [1.82, 2.24) is 0 Å². The van der Waals surface area contributed by atoms with E-state index < -0.39 is 0 Å². The summed E-state index contributed by atoms with van der Waals surface area (Å²) in [5, 5.41) is 0. The second kappa shape index (κ2) is 5.11. The zero-order valence-electron chi connectivity index (χ0n) is 9.74. The maximum Gasteiger partial charge on any atom is 0.119 e. The Morgan fingerprint density at radius 1 is 1.50 bits per heavy atom. The molecule has 2 N–H and O–H groups in total. The lowest BCUT2D eigenvalue weighted by Gasteiger charge is -2.26. The molecule has 1 saturated heterocycles. The first-order chi connectivity index (χ1) is 7.78. The van der Waals surface area contributed by atoms with Crippen molar-refractivity contribution in [3.63, 3.8) is 0 Å². The predicted octanol–water partition coefficient (Wildman–Crippen LogP) is 2.46. The van der Waals surface area contributed by atoms with Crippen LogP contribution in [-0.2, 0) is 6.42 Å². The largest absolute Gasteiger partial charge is 0.497 e. The van der Waals surface area contributed by atoms with Gasteiger partial charge in [-0.05, 0) is 42.7 Å². The van der Waals surface area contributed by atoms with Crippen LogP contribution in [0.5, 0.6) is 5.75 Å². The Morgan fingerprint density at radius 3 is 3.00 bits per heavy atom. The molecular weight excluding hydrogens is 218 g/mol. The van der Waals surface area contributed by atoms with Crippen molar-refractivity contribution in [2.24, 2.45) is 5.73 Å². The first kappa shape index (κ1) is 11.8. The average Bonchev–Trinajstić information content (AvgIpc) is 2.78. The second-order valence-corrected chi connectivity index (χ2v) is 5.93. The molecule has 1 heterocycles. The highest BCUT2D eigenvalue weighted by Crippen LogP contribution is 2.40. The van der Waals surface area contributed by atoms with Crippen molar-refractivity contribution in [2.45, 2.75) is 24.0 Å². The fraction of sp³-hybridized carbons (Fsp3) is 0.538. The van der Waals surface area contributed by atoms with Gasteiger partial charge in [-0.15, -0.1) is 0 Å². The SMILES string of the molecule is COc1cccc(CC2(CN)CCCS2)c1. The Balaban J connectivity index is 2.12. The standard InChI is InChI=1S/C13H19NOS/c1-15-12-5-2-4-11(8-12)9-13(10-14)6-3-7-16-13/h2,4-5,8H,3,6-7,9-10,14H2,1H3. The van der Waals surface area contributed by atoms with Crippen LogP contribution < -0.4 is 10.5 Å². The molecule has 0 bridgehead atoms. The second-order valence-electron chi connectivity index (χ2n) is 4.37. The Morgan fingerprint density at radius 2 is 2.38 bits per heavy atom. The molecule has 1 atom stereocenters. The van der Waals surface area contributed by atoms with Gasteiger partial charge in [-0.25, -0.2) is 0 Å². The highest BCUT2D eigenvalue weighted by Gasteiger charge is 2.33. The maximum absolute atomic E-state index is 5.94. The van der Waals surface area contributed by atoms with E-state index in [4.69, 9.17) is 10.5 Å². The number of thioether (sulfide) groups is 1. The predicted molar refractivity (Wildman–Crippen MR) is 70.2 cm³/mol. The molecule has 0 radical (unpaired) electrons. The highest BCUT2D eigenvalue weighted by atomic mass is 32.2. The number of nitrogens with two attached hydrogens (primary N) is 1. The third-order valence-corrected chi connectivity index (χ3v) is 4.84. The van der Waals surface area contributed by atoms with Gasteiger partial charge in [0, 0.05) is 11.3 Å². The maximum atomic E-state index is 5.94. The Bertz CT molecular complexity index is 348. The van der Waals surface area contributed by atoms with Gasteiger partial charge in [0.1, 0.15) is 5.75 Å². The summed E-state index contributed by atoms with van der Waals surface area (Å²) in [6.07, 6.45) is 3.60. The zero-order chi connectivity index (χ0) is 11.4. The van der Waals surface area contributed by atoms with Gasteiger partial charge in [-0.2, -0.15) is 11.8 Å². The minimum absolute atomic E-state index is 0.270. The molecule has 0 aromatic heterocycles. The lowest BCUT2D eigenvalue weighted by Crippen LogP contribution is -2.34. The van der Waals surface area contributed by atoms with Gasteiger partial charge in [-0.1, -0.05) is 12.1 Å². The topological polar surface area (TPSA) is 35.2 Å². The molecule has 1 aliphatic heterocycles. The van der Waals surface area contributed by atoms with Crippen LogP contribution in [0.15, 0.2) is 24.3 Å². The van der Waals surface area contributed by atoms with Gasteiger partial charge in [0.15, 0.2) is 0 Å². The van der Waals surface area contributed by atoms with E-state index in [2.05, 4.69) is 18.2 Å². The van der Waals surface area contributed by atoms with Crippen LogP contribution in [0.4, 0.5) is 0 Å². The molecule has 0 aliphatic carbocycles. The van der Waals surface area contributed by atoms with Gasteiger partial charge < -0.3 is 10.5 Å². The molecule has 0 amide bonds. The monoisotopic (exact) mass is 237 g/mol. The first-order valence-electron chi connectivity index (χ1n) is 5.75. The normalized spacial score (nSPS) is 24.6. The minimum atomic E-state index is 0.270. The van der Waals surface area contributed by atoms with Crippen molar-refractivity contribution in [1.29, 1.82) is 0 Å². The molecule has 1 unspecified atom stereocenters. The van der Waals surface area contributed by atoms with Crippen LogP contribution in [-0.4, -0.2) is 24.2 Å². The lowest BCUT2D eigenvalue weighted by atomic mass is 9.94. The van der Waals surface area contributed by atoms with E-state index in [1.54, 1.807) is 7.11 Å². The van der Waals surface area contributed by atoms with Gasteiger partial charge in [-0.3, -0.25) is 0 Å². The number of hydrogen-bond donors (Lipinski definition) is 1. The molecule has 0 spiro atoms. The summed E-state index contributed by atoms with van der Waals surface area (Å²) in [6.45, 7) is 0.773. The summed E-state index contributed by atoms with van der Waals surface area (Å²) in [5.74, 6) is 2.19. The van der Waals surface area contributed by atoms with Crippen molar-refractivity contribution in [3.8, 4) is 5.75 Å². The minimum Gasteiger partial charge on any atom is -0.497 e. The number of benzene rings is 1. The van der Waals surface area contributed by atoms with E-state index in [1.807, 2.05) is 17.8 Å². The van der Waals surface area contributed by atoms with Crippen molar-refractivity contribution in [2.75, 3.05) is 19.4 Å². The molecule has 2 rings (SSSR count). The van der Waals surface area contributed by atoms with Gasteiger partial charge in [0.05, 0.1) is 7.11 Å². The summed E-state index contributed by atoms with van der Waals surface area (Å²) >= 11 is 2.03. The van der Waals surface area contributed by atoms with E-state index in [-0.39, 0.29) is 4.75 Å². The quantitative estimate of drug-likeness (QED) is 0.873. The van der Waals surface area contributed by atoms with Gasteiger partial charge in [0.25, 0.3) is 0 Å². The number of hydrogen-bond acceptors (Lipinski definition) is 3. The lowest BCUT2D eigenvalue weighted by molar-refractivity contribution is 0.414. The molecule has 1 aliphatic rings. The zero-order valence-corrected chi connectivity index (χ0v) is 10.6. The Hall–Kier alpha value is -0.670. The molecule has 16 heavy (non-hydrogen) atoms. The summed E-state index contributed by atoms with van der Waals surface area (Å²) in [6, 6.07) is 8.33. The molecule has 88 valence electrons. The van der Waals surface area contributed by atoms with E-state index in [9.17, 15) is 0 Å². The summed E-state index contributed by atoms with van der Waals surface area (Å²) < 4.78 is 5.52. The molecule has 2 nitrogen and oxygen atoms in total. The molecule has 3 heteroatoms. The van der Waals surface area contributed by atoms with Gasteiger partial charge >= 0.3 is 0 Å². The third kappa shape index (κ3) is 2.53. The van der Waals surface area contributed by atoms with Crippen LogP contribution in [0.3, 0.4) is 0 Å². The third-order valence-electron chi connectivity index (χ3n) is 3.22. The summed E-state index contributed by atoms with van der Waals surface area (Å²) in [7, 11) is 1.71. The van der Waals surface area contributed by atoms with Crippen LogP contribution in [0, 0.1) is 0 Å². The van der Waals surface area contributed by atoms with Crippen LogP contribution in [0.2, 0.25) is 0 Å². The fourth-order valence-corrected chi connectivity index (χ4v) is 3.68. The smallest absolute Gasteiger partial charge is 0.119 e. The molecular formula is C13H19NOS. The fourth-order valence-electron chi connectivity index (χ4n) is 2.28. The van der Waals surface area contributed by atoms with E-state index in [0.717, 1.165) is 18.7 Å². The number of ether oxygens (including phenoxy) is 1. The summed E-state index contributed by atoms with van der Waals surface area (Å²) in [4.78, 5) is 0. The molecule has 1 aromatic carbocycles. The molecule has 0 saturated carbocycles. The number of methoxy groups -OCH3 is 1. The van der Waals surface area contributed by atoms with Crippen LogP contribution in [0.1, 0.15) is 18.4 Å². The van der Waals surface area contributed by atoms with E-state index in [0.29, 0.717) is 0 Å². The van der Waals surface area contributed by atoms with E-state index >= 15 is 0 Å². The Kier molecular flexibility index (Phi) is 3.77. The van der Waals surface area contributed by atoms with Gasteiger partial charge in [0.2, 0.25) is 0 Å². The Labute approximate surface area is 102 Å². The van der Waals surface area contributed by atoms with Crippen LogP contribution >= 0.6 is 11.8 Å². The number of rotatable bonds is 4. The summed E-state index contributed by atoms with van der Waals surface area (Å²) in [5.41, 5.74) is 7.27. The van der Waals surface area contributed by atoms with Crippen molar-refractivity contribution >= 4 is 11.8 Å². The van der Waals surface area contributed by atoms with Crippen molar-refractivity contribution in [3.05, 3.63) is 29.8 Å². The van der Waals surface area contributed by atoms with Crippen LogP contribution in [0.25, 0.3) is 0 Å². The van der Waals surface area contributed by atoms with Crippen molar-refractivity contribution < 1.29 is 4.74 Å². The highest BCUT2D eigenvalue weighted by molar-refractivity contribution is 8.00.